The molecule has 0 bridgehead atoms. The van der Waals surface area contributed by atoms with E-state index in [2.05, 4.69) is 5.32 Å². The molecule has 0 spiro atoms. The third kappa shape index (κ3) is 4.93. The van der Waals surface area contributed by atoms with Crippen LogP contribution in [0.5, 0.6) is 0 Å². The second-order valence-electron chi connectivity index (χ2n) is 5.34. The first-order valence-electron chi connectivity index (χ1n) is 6.58. The summed E-state index contributed by atoms with van der Waals surface area (Å²) in [6, 6.07) is 4.56. The number of nitrogens with one attached hydrogen (secondary N) is 1. The number of carbonyl (C=O) groups excluding carboxylic acids is 2. The quantitative estimate of drug-likeness (QED) is 0.856. The van der Waals surface area contributed by atoms with Gasteiger partial charge < -0.3 is 9.47 Å². The SMILES string of the molecule is CCOC(=O)c1cc(C#N)cc(NC(=O)OC(C)(C)C)c1Cl. The molecule has 0 heterocycles. The van der Waals surface area contributed by atoms with E-state index in [1.165, 1.54) is 12.1 Å². The van der Waals surface area contributed by atoms with Crippen LogP contribution in [0.4, 0.5) is 10.5 Å². The van der Waals surface area contributed by atoms with Gasteiger partial charge in [-0.1, -0.05) is 11.6 Å². The molecule has 0 atom stereocenters. The predicted molar refractivity (Wildman–Crippen MR) is 82.0 cm³/mol. The van der Waals surface area contributed by atoms with Crippen LogP contribution >= 0.6 is 11.6 Å². The van der Waals surface area contributed by atoms with Crippen molar-refractivity contribution in [2.24, 2.45) is 0 Å². The highest BCUT2D eigenvalue weighted by Crippen LogP contribution is 2.29. The van der Waals surface area contributed by atoms with Crippen LogP contribution in [-0.4, -0.2) is 24.3 Å². The number of benzene rings is 1. The van der Waals surface area contributed by atoms with E-state index in [-0.39, 0.29) is 28.4 Å². The van der Waals surface area contributed by atoms with Gasteiger partial charge in [-0.3, -0.25) is 5.32 Å². The van der Waals surface area contributed by atoms with Crippen LogP contribution < -0.4 is 5.32 Å². The second-order valence-corrected chi connectivity index (χ2v) is 5.72. The molecule has 0 radical (unpaired) electrons. The van der Waals surface area contributed by atoms with Crippen LogP contribution in [0.2, 0.25) is 5.02 Å². The van der Waals surface area contributed by atoms with E-state index in [1.54, 1.807) is 27.7 Å². The van der Waals surface area contributed by atoms with E-state index < -0.39 is 17.7 Å². The summed E-state index contributed by atoms with van der Waals surface area (Å²) in [4.78, 5) is 23.6. The highest BCUT2D eigenvalue weighted by Gasteiger charge is 2.21. The van der Waals surface area contributed by atoms with Gasteiger partial charge in [0, 0.05) is 0 Å². The van der Waals surface area contributed by atoms with E-state index in [0.29, 0.717) is 0 Å². The molecule has 118 valence electrons. The lowest BCUT2D eigenvalue weighted by atomic mass is 10.1. The number of anilines is 1. The molecule has 0 aromatic heterocycles. The monoisotopic (exact) mass is 324 g/mol. The smallest absolute Gasteiger partial charge is 0.412 e. The Hall–Kier alpha value is -2.26. The molecule has 0 fully saturated rings. The highest BCUT2D eigenvalue weighted by atomic mass is 35.5. The first-order valence-corrected chi connectivity index (χ1v) is 6.96. The lowest BCUT2D eigenvalue weighted by Crippen LogP contribution is -2.27. The fraction of sp³-hybridized carbons (Fsp3) is 0.400. The van der Waals surface area contributed by atoms with Crippen LogP contribution in [0, 0.1) is 11.3 Å². The summed E-state index contributed by atoms with van der Waals surface area (Å²) in [6.07, 6.45) is -0.737. The number of esters is 1. The molecule has 0 saturated carbocycles. The molecule has 22 heavy (non-hydrogen) atoms. The molecule has 0 aliphatic carbocycles. The van der Waals surface area contributed by atoms with Crippen molar-refractivity contribution in [1.29, 1.82) is 5.26 Å². The summed E-state index contributed by atoms with van der Waals surface area (Å²) < 4.78 is 9.98. The van der Waals surface area contributed by atoms with Crippen molar-refractivity contribution < 1.29 is 19.1 Å². The lowest BCUT2D eigenvalue weighted by molar-refractivity contribution is 0.0525. The average Bonchev–Trinajstić information content (AvgIpc) is 2.39. The highest BCUT2D eigenvalue weighted by molar-refractivity contribution is 6.36. The molecular formula is C15H17ClN2O4. The van der Waals surface area contributed by atoms with Gasteiger partial charge >= 0.3 is 12.1 Å². The van der Waals surface area contributed by atoms with Gasteiger partial charge in [-0.05, 0) is 39.8 Å². The van der Waals surface area contributed by atoms with Crippen LogP contribution in [-0.2, 0) is 9.47 Å². The number of nitrogens with zero attached hydrogens (tertiary/aromatic N) is 1. The molecule has 1 aromatic rings. The number of hydrogen-bond donors (Lipinski definition) is 1. The van der Waals surface area contributed by atoms with Gasteiger partial charge in [-0.15, -0.1) is 0 Å². The molecule has 7 heteroatoms. The zero-order chi connectivity index (χ0) is 16.9. The summed E-state index contributed by atoms with van der Waals surface area (Å²) in [5.74, 6) is -0.670. The molecule has 0 aliphatic rings. The minimum Gasteiger partial charge on any atom is -0.462 e. The number of ether oxygens (including phenoxy) is 2. The molecule has 1 N–H and O–H groups in total. The van der Waals surface area contributed by atoms with Gasteiger partial charge in [-0.25, -0.2) is 9.59 Å². The summed E-state index contributed by atoms with van der Waals surface area (Å²) in [5.41, 5.74) is -0.405. The predicted octanol–water partition coefficient (Wildman–Crippen LogP) is 3.74. The van der Waals surface area contributed by atoms with Gasteiger partial charge in [0.1, 0.15) is 5.60 Å². The normalized spacial score (nSPS) is 10.5. The van der Waals surface area contributed by atoms with Crippen LogP contribution in [0.1, 0.15) is 43.6 Å². The number of nitriles is 1. The number of carbonyl (C=O) groups is 2. The minimum absolute atomic E-state index is 0.00799. The zero-order valence-electron chi connectivity index (χ0n) is 12.8. The van der Waals surface area contributed by atoms with Crippen molar-refractivity contribution in [3.63, 3.8) is 0 Å². The topological polar surface area (TPSA) is 88.4 Å². The van der Waals surface area contributed by atoms with E-state index in [1.807, 2.05) is 6.07 Å². The molecule has 6 nitrogen and oxygen atoms in total. The Balaban J connectivity index is 3.14. The van der Waals surface area contributed by atoms with Crippen LogP contribution in [0.15, 0.2) is 12.1 Å². The third-order valence-corrected chi connectivity index (χ3v) is 2.74. The Labute approximate surface area is 134 Å². The largest absolute Gasteiger partial charge is 0.462 e. The maximum absolute atomic E-state index is 11.8. The molecule has 0 unspecified atom stereocenters. The van der Waals surface area contributed by atoms with Crippen LogP contribution in [0.25, 0.3) is 0 Å². The Morgan fingerprint density at radius 2 is 2.00 bits per heavy atom. The van der Waals surface area contributed by atoms with Gasteiger partial charge in [0.2, 0.25) is 0 Å². The fourth-order valence-electron chi connectivity index (χ4n) is 1.55. The summed E-state index contributed by atoms with van der Waals surface area (Å²) in [7, 11) is 0. The van der Waals surface area contributed by atoms with E-state index in [9.17, 15) is 9.59 Å². The van der Waals surface area contributed by atoms with Crippen molar-refractivity contribution in [2.45, 2.75) is 33.3 Å². The number of halogens is 1. The van der Waals surface area contributed by atoms with Crippen molar-refractivity contribution >= 4 is 29.4 Å². The number of amides is 1. The van der Waals surface area contributed by atoms with Gasteiger partial charge in [0.25, 0.3) is 0 Å². The Kier molecular flexibility index (Phi) is 5.77. The molecule has 0 saturated heterocycles. The second kappa shape index (κ2) is 7.14. The lowest BCUT2D eigenvalue weighted by Gasteiger charge is -2.20. The van der Waals surface area contributed by atoms with E-state index in [0.717, 1.165) is 0 Å². The summed E-state index contributed by atoms with van der Waals surface area (Å²) in [5, 5.41) is 11.4. The maximum atomic E-state index is 11.8. The average molecular weight is 325 g/mol. The summed E-state index contributed by atoms with van der Waals surface area (Å²) in [6.45, 7) is 6.96. The Bertz CT molecular complexity index is 630. The molecular weight excluding hydrogens is 308 g/mol. The van der Waals surface area contributed by atoms with Gasteiger partial charge in [-0.2, -0.15) is 5.26 Å². The molecule has 0 aliphatic heterocycles. The zero-order valence-corrected chi connectivity index (χ0v) is 13.6. The molecule has 1 amide bonds. The maximum Gasteiger partial charge on any atom is 0.412 e. The van der Waals surface area contributed by atoms with E-state index in [4.69, 9.17) is 26.3 Å². The molecule has 1 aromatic carbocycles. The standard InChI is InChI=1S/C15H17ClN2O4/c1-5-21-13(19)10-6-9(8-17)7-11(12(10)16)18-14(20)22-15(2,3)4/h6-7H,5H2,1-4H3,(H,18,20). The first-order chi connectivity index (χ1) is 10.2. The number of rotatable bonds is 3. The van der Waals surface area contributed by atoms with E-state index >= 15 is 0 Å². The summed E-state index contributed by atoms with van der Waals surface area (Å²) >= 11 is 6.10. The molecule has 1 rings (SSSR count). The van der Waals surface area contributed by atoms with Gasteiger partial charge in [0.15, 0.2) is 0 Å². The minimum atomic E-state index is -0.737. The van der Waals surface area contributed by atoms with Crippen molar-refractivity contribution in [3.8, 4) is 6.07 Å². The third-order valence-electron chi connectivity index (χ3n) is 2.33. The Morgan fingerprint density at radius 3 is 2.50 bits per heavy atom. The van der Waals surface area contributed by atoms with Crippen molar-refractivity contribution in [2.75, 3.05) is 11.9 Å². The van der Waals surface area contributed by atoms with Crippen LogP contribution in [0.3, 0.4) is 0 Å². The number of hydrogen-bond acceptors (Lipinski definition) is 5. The first kappa shape index (κ1) is 17.8. The Morgan fingerprint density at radius 1 is 1.36 bits per heavy atom. The van der Waals surface area contributed by atoms with Crippen molar-refractivity contribution in [3.05, 3.63) is 28.3 Å². The van der Waals surface area contributed by atoms with Gasteiger partial charge in [0.05, 0.1) is 34.5 Å². The fourth-order valence-corrected chi connectivity index (χ4v) is 1.78. The van der Waals surface area contributed by atoms with Crippen molar-refractivity contribution in [1.82, 2.24) is 0 Å².